The second kappa shape index (κ2) is 5.97. The molecular formula is C11H11F2N3O2. The predicted molar refractivity (Wildman–Crippen MR) is 60.2 cm³/mol. The van der Waals surface area contributed by atoms with Crippen molar-refractivity contribution in [2.75, 3.05) is 18.9 Å². The maximum atomic E-state index is 12.4. The summed E-state index contributed by atoms with van der Waals surface area (Å²) >= 11 is 0. The van der Waals surface area contributed by atoms with E-state index in [2.05, 4.69) is 4.98 Å². The second-order valence-electron chi connectivity index (χ2n) is 3.18. The van der Waals surface area contributed by atoms with Crippen LogP contribution in [0.3, 0.4) is 0 Å². The Morgan fingerprint density at radius 2 is 2.06 bits per heavy atom. The third-order valence-corrected chi connectivity index (χ3v) is 2.15. The number of para-hydroxylation sites is 2. The van der Waals surface area contributed by atoms with E-state index >= 15 is 0 Å². The molecule has 1 aromatic heterocycles. The molecule has 0 saturated heterocycles. The van der Waals surface area contributed by atoms with Gasteiger partial charge in [0.1, 0.15) is 12.0 Å². The molecule has 0 atom stereocenters. The molecule has 0 N–H and O–H groups in total. The van der Waals surface area contributed by atoms with Crippen LogP contribution >= 0.6 is 0 Å². The quantitative estimate of drug-likeness (QED) is 0.743. The number of rotatable bonds is 6. The number of aromatic nitrogens is 2. The molecule has 0 bridgehead atoms. The lowest BCUT2D eigenvalue weighted by molar-refractivity contribution is 0.0205. The Kier molecular flexibility index (Phi) is 4.08. The van der Waals surface area contributed by atoms with Gasteiger partial charge in [-0.25, -0.2) is 23.3 Å². The molecule has 0 fully saturated rings. The van der Waals surface area contributed by atoms with Crippen LogP contribution in [0.4, 0.5) is 14.5 Å². The van der Waals surface area contributed by atoms with Gasteiger partial charge >= 0.3 is 0 Å². The molecule has 0 aliphatic carbocycles. The van der Waals surface area contributed by atoms with E-state index in [9.17, 15) is 8.78 Å². The molecule has 5 nitrogen and oxygen atoms in total. The van der Waals surface area contributed by atoms with Crippen LogP contribution in [0, 0.1) is 0 Å². The van der Waals surface area contributed by atoms with Crippen LogP contribution in [-0.2, 0) is 4.84 Å². The summed E-state index contributed by atoms with van der Waals surface area (Å²) in [4.78, 5) is 8.68. The van der Waals surface area contributed by atoms with Crippen molar-refractivity contribution in [3.8, 4) is 5.75 Å². The zero-order valence-electron chi connectivity index (χ0n) is 9.37. The normalized spacial score (nSPS) is 10.3. The van der Waals surface area contributed by atoms with Gasteiger partial charge in [-0.3, -0.25) is 0 Å². The topological polar surface area (TPSA) is 39.5 Å². The van der Waals surface area contributed by atoms with E-state index in [0.717, 1.165) is 5.17 Å². The van der Waals surface area contributed by atoms with Crippen molar-refractivity contribution in [3.05, 3.63) is 43.0 Å². The molecule has 2 aromatic rings. The summed E-state index contributed by atoms with van der Waals surface area (Å²) in [5.41, 5.74) is 0.366. The largest absolute Gasteiger partial charge is 0.461 e. The smallest absolute Gasteiger partial charge is 0.228 e. The highest BCUT2D eigenvalue weighted by Crippen LogP contribution is 2.28. The number of ether oxygens (including phenoxy) is 1. The van der Waals surface area contributed by atoms with Crippen LogP contribution in [0.2, 0.25) is 0 Å². The minimum Gasteiger partial charge on any atom is -0.461 e. The number of anilines is 1. The predicted octanol–water partition coefficient (Wildman–Crippen LogP) is 2.32. The molecule has 0 amide bonds. The fourth-order valence-corrected chi connectivity index (χ4v) is 1.46. The molecule has 0 radical (unpaired) electrons. The lowest BCUT2D eigenvalue weighted by Gasteiger charge is -2.24. The van der Waals surface area contributed by atoms with Crippen molar-refractivity contribution in [1.82, 2.24) is 9.66 Å². The van der Waals surface area contributed by atoms with Crippen LogP contribution < -0.4 is 9.91 Å². The van der Waals surface area contributed by atoms with Gasteiger partial charge in [0.2, 0.25) is 13.7 Å². The Morgan fingerprint density at radius 3 is 2.72 bits per heavy atom. The Labute approximate surface area is 102 Å². The minimum absolute atomic E-state index is 0.238. The van der Waals surface area contributed by atoms with E-state index in [1.807, 2.05) is 0 Å². The van der Waals surface area contributed by atoms with E-state index in [-0.39, 0.29) is 5.75 Å². The average molecular weight is 255 g/mol. The van der Waals surface area contributed by atoms with E-state index in [1.165, 1.54) is 17.2 Å². The van der Waals surface area contributed by atoms with Crippen molar-refractivity contribution in [1.29, 1.82) is 0 Å². The van der Waals surface area contributed by atoms with Crippen molar-refractivity contribution >= 4 is 5.69 Å². The highest BCUT2D eigenvalue weighted by atomic mass is 19.1. The van der Waals surface area contributed by atoms with Crippen LogP contribution in [0.5, 0.6) is 5.75 Å². The highest BCUT2D eigenvalue weighted by Gasteiger charge is 2.14. The number of hydrogen-bond acceptors (Lipinski definition) is 4. The molecule has 2 rings (SSSR count). The van der Waals surface area contributed by atoms with E-state index in [1.54, 1.807) is 30.5 Å². The Morgan fingerprint density at radius 1 is 1.22 bits per heavy atom. The lowest BCUT2D eigenvalue weighted by Crippen LogP contribution is -2.28. The van der Waals surface area contributed by atoms with Gasteiger partial charge in [0.05, 0.1) is 0 Å². The average Bonchev–Trinajstić information content (AvgIpc) is 2.91. The van der Waals surface area contributed by atoms with Gasteiger partial charge < -0.3 is 4.74 Å². The maximum Gasteiger partial charge on any atom is 0.228 e. The SMILES string of the molecule is FCOc1ccccc1N(OCF)n1ccnc1. The summed E-state index contributed by atoms with van der Waals surface area (Å²) in [7, 11) is 0. The number of hydrogen-bond donors (Lipinski definition) is 0. The fraction of sp³-hybridized carbons (Fsp3) is 0.182. The molecule has 0 aliphatic heterocycles. The molecular weight excluding hydrogens is 244 g/mol. The van der Waals surface area contributed by atoms with Gasteiger partial charge in [0, 0.05) is 12.4 Å². The Balaban J connectivity index is 2.36. The third kappa shape index (κ3) is 2.57. The molecule has 1 heterocycles. The zero-order chi connectivity index (χ0) is 12.8. The molecule has 96 valence electrons. The molecule has 0 spiro atoms. The Bertz CT molecular complexity index is 479. The summed E-state index contributed by atoms with van der Waals surface area (Å²) in [5, 5.41) is 1.12. The van der Waals surface area contributed by atoms with Gasteiger partial charge in [-0.05, 0) is 12.1 Å². The number of imidazole rings is 1. The molecule has 7 heteroatoms. The number of benzene rings is 1. The maximum absolute atomic E-state index is 12.4. The van der Waals surface area contributed by atoms with E-state index in [0.29, 0.717) is 5.69 Å². The zero-order valence-corrected chi connectivity index (χ0v) is 9.37. The lowest BCUT2D eigenvalue weighted by atomic mass is 10.3. The first-order valence-corrected chi connectivity index (χ1v) is 5.12. The molecule has 0 saturated carbocycles. The van der Waals surface area contributed by atoms with Crippen molar-refractivity contribution < 1.29 is 18.4 Å². The Hall–Kier alpha value is -2.15. The van der Waals surface area contributed by atoms with Crippen LogP contribution in [0.15, 0.2) is 43.0 Å². The number of halogens is 2. The summed E-state index contributed by atoms with van der Waals surface area (Å²) in [6.45, 7) is -2.02. The standard InChI is InChI=1S/C11H11F2N3O2/c12-7-17-11-4-2-1-3-10(11)16(18-8-13)15-6-5-14-9-15/h1-6,9H,7-8H2. The summed E-state index contributed by atoms with van der Waals surface area (Å²) in [6, 6.07) is 6.54. The summed E-state index contributed by atoms with van der Waals surface area (Å²) in [5.74, 6) is 0.238. The first kappa shape index (κ1) is 12.3. The van der Waals surface area contributed by atoms with E-state index in [4.69, 9.17) is 9.57 Å². The van der Waals surface area contributed by atoms with Crippen molar-refractivity contribution in [2.45, 2.75) is 0 Å². The molecule has 18 heavy (non-hydrogen) atoms. The number of alkyl halides is 2. The van der Waals surface area contributed by atoms with Crippen molar-refractivity contribution in [2.24, 2.45) is 0 Å². The monoisotopic (exact) mass is 255 g/mol. The van der Waals surface area contributed by atoms with Crippen molar-refractivity contribution in [3.63, 3.8) is 0 Å². The molecule has 0 aliphatic rings. The first-order valence-electron chi connectivity index (χ1n) is 5.12. The minimum atomic E-state index is -1.04. The molecule has 0 unspecified atom stereocenters. The van der Waals surface area contributed by atoms with Crippen LogP contribution in [-0.4, -0.2) is 23.4 Å². The van der Waals surface area contributed by atoms with Crippen LogP contribution in [0.25, 0.3) is 0 Å². The van der Waals surface area contributed by atoms with Gasteiger partial charge in [-0.1, -0.05) is 12.1 Å². The van der Waals surface area contributed by atoms with E-state index < -0.39 is 13.7 Å². The third-order valence-electron chi connectivity index (χ3n) is 2.15. The second-order valence-corrected chi connectivity index (χ2v) is 3.18. The van der Waals surface area contributed by atoms with Gasteiger partial charge in [-0.15, -0.1) is 5.17 Å². The number of nitrogens with zero attached hydrogens (tertiary/aromatic N) is 3. The molecule has 1 aromatic carbocycles. The summed E-state index contributed by atoms with van der Waals surface area (Å²) < 4.78 is 30.9. The highest BCUT2D eigenvalue weighted by molar-refractivity contribution is 5.56. The summed E-state index contributed by atoms with van der Waals surface area (Å²) in [6.07, 6.45) is 4.48. The van der Waals surface area contributed by atoms with Gasteiger partial charge in [-0.2, -0.15) is 0 Å². The van der Waals surface area contributed by atoms with Gasteiger partial charge in [0.25, 0.3) is 0 Å². The first-order chi connectivity index (χ1) is 8.86. The van der Waals surface area contributed by atoms with Gasteiger partial charge in [0.15, 0.2) is 5.75 Å². The fourth-order valence-electron chi connectivity index (χ4n) is 1.46. The van der Waals surface area contributed by atoms with Crippen LogP contribution in [0.1, 0.15) is 0 Å².